The highest BCUT2D eigenvalue weighted by Crippen LogP contribution is 2.30. The van der Waals surface area contributed by atoms with Gasteiger partial charge in [-0.2, -0.15) is 0 Å². The number of hydrogen-bond donors (Lipinski definition) is 2. The van der Waals surface area contributed by atoms with Crippen LogP contribution in [0.1, 0.15) is 6.42 Å². The predicted octanol–water partition coefficient (Wildman–Crippen LogP) is 5.25. The molecule has 0 saturated carbocycles. The van der Waals surface area contributed by atoms with E-state index in [1.165, 1.54) is 0 Å². The van der Waals surface area contributed by atoms with Crippen LogP contribution >= 0.6 is 0 Å². The Morgan fingerprint density at radius 3 is 2.76 bits per heavy atom. The van der Waals surface area contributed by atoms with Gasteiger partial charge >= 0.3 is 6.03 Å². The second kappa shape index (κ2) is 10.0. The van der Waals surface area contributed by atoms with Crippen LogP contribution in [0.2, 0.25) is 0 Å². The first-order chi connectivity index (χ1) is 16.7. The molecular formula is C27H24N4O3. The van der Waals surface area contributed by atoms with Gasteiger partial charge in [-0.15, -0.1) is 0 Å². The molecule has 5 rings (SSSR count). The van der Waals surface area contributed by atoms with Gasteiger partial charge in [-0.1, -0.05) is 65.8 Å². The molecule has 2 heterocycles. The minimum atomic E-state index is -0.311. The Morgan fingerprint density at radius 1 is 1.00 bits per heavy atom. The topological polar surface area (TPSA) is 84.8 Å². The molecule has 0 aliphatic carbocycles. The van der Waals surface area contributed by atoms with Crippen molar-refractivity contribution in [1.29, 1.82) is 0 Å². The summed E-state index contributed by atoms with van der Waals surface area (Å²) in [6.45, 7) is 0.669. The number of anilines is 1. The Balaban J connectivity index is 1.10. The Hall–Kier alpha value is -4.39. The molecule has 0 fully saturated rings. The Morgan fingerprint density at radius 2 is 1.85 bits per heavy atom. The molecule has 0 spiro atoms. The highest BCUT2D eigenvalue weighted by Gasteiger charge is 2.22. The van der Waals surface area contributed by atoms with Crippen LogP contribution in [0.25, 0.3) is 22.0 Å². The number of nitrogens with one attached hydrogen (secondary N) is 2. The van der Waals surface area contributed by atoms with E-state index >= 15 is 0 Å². The van der Waals surface area contributed by atoms with E-state index < -0.39 is 0 Å². The number of carbonyl (C=O) groups is 1. The number of hydrogen-bond acceptors (Lipinski definition) is 5. The van der Waals surface area contributed by atoms with Crippen LogP contribution < -0.4 is 15.4 Å². The van der Waals surface area contributed by atoms with Crippen LogP contribution in [0.4, 0.5) is 10.5 Å². The van der Waals surface area contributed by atoms with Crippen molar-refractivity contribution < 1.29 is 14.4 Å². The summed E-state index contributed by atoms with van der Waals surface area (Å²) in [5.41, 5.74) is 4.40. The summed E-state index contributed by atoms with van der Waals surface area (Å²) in [4.78, 5) is 22.1. The van der Waals surface area contributed by atoms with Crippen molar-refractivity contribution in [3.63, 3.8) is 0 Å². The summed E-state index contributed by atoms with van der Waals surface area (Å²) >= 11 is 0. The largest absolute Gasteiger partial charge is 0.489 e. The van der Waals surface area contributed by atoms with Crippen molar-refractivity contribution in [2.45, 2.75) is 12.5 Å². The molecule has 170 valence electrons. The third kappa shape index (κ3) is 5.15. The third-order valence-corrected chi connectivity index (χ3v) is 5.51. The lowest BCUT2D eigenvalue weighted by Gasteiger charge is -2.14. The van der Waals surface area contributed by atoms with Gasteiger partial charge in [0.15, 0.2) is 6.10 Å². The predicted molar refractivity (Wildman–Crippen MR) is 133 cm³/mol. The maximum absolute atomic E-state index is 12.3. The SMILES string of the molecule is O=C(NCC1=NOC(COc2ccccc2-c2ccccc2)C1)Nc1ccc2cccnc2c1. The lowest BCUT2D eigenvalue weighted by atomic mass is 10.0. The zero-order valence-corrected chi connectivity index (χ0v) is 18.5. The van der Waals surface area contributed by atoms with E-state index in [1.807, 2.05) is 72.8 Å². The van der Waals surface area contributed by atoms with Crippen LogP contribution in [0.3, 0.4) is 0 Å². The van der Waals surface area contributed by atoms with Crippen molar-refractivity contribution in [3.05, 3.63) is 91.1 Å². The lowest BCUT2D eigenvalue weighted by molar-refractivity contribution is 0.0472. The van der Waals surface area contributed by atoms with Gasteiger partial charge < -0.3 is 20.2 Å². The molecule has 3 aromatic carbocycles. The monoisotopic (exact) mass is 452 g/mol. The van der Waals surface area contributed by atoms with Crippen LogP contribution in [0, 0.1) is 0 Å². The van der Waals surface area contributed by atoms with Gasteiger partial charge in [-0.25, -0.2) is 4.79 Å². The molecule has 2 amide bonds. The van der Waals surface area contributed by atoms with Crippen molar-refractivity contribution >= 4 is 28.3 Å². The Kier molecular flexibility index (Phi) is 6.34. The minimum absolute atomic E-state index is 0.199. The molecule has 7 nitrogen and oxygen atoms in total. The number of amides is 2. The highest BCUT2D eigenvalue weighted by molar-refractivity contribution is 5.96. The molecule has 1 atom stereocenters. The van der Waals surface area contributed by atoms with Gasteiger partial charge in [-0.05, 0) is 29.8 Å². The molecule has 7 heteroatoms. The first kappa shape index (κ1) is 21.5. The van der Waals surface area contributed by atoms with Crippen molar-refractivity contribution in [3.8, 4) is 16.9 Å². The Bertz CT molecular complexity index is 1320. The van der Waals surface area contributed by atoms with Crippen LogP contribution in [-0.2, 0) is 4.84 Å². The van der Waals surface area contributed by atoms with Gasteiger partial charge in [0.2, 0.25) is 0 Å². The molecule has 1 aliphatic rings. The summed E-state index contributed by atoms with van der Waals surface area (Å²) in [5, 5.41) is 10.8. The number of ether oxygens (including phenoxy) is 1. The zero-order chi connectivity index (χ0) is 23.2. The molecule has 0 bridgehead atoms. The van der Waals surface area contributed by atoms with Gasteiger partial charge in [0.25, 0.3) is 0 Å². The number of pyridine rings is 1. The maximum Gasteiger partial charge on any atom is 0.319 e. The highest BCUT2D eigenvalue weighted by atomic mass is 16.7. The zero-order valence-electron chi connectivity index (χ0n) is 18.5. The lowest BCUT2D eigenvalue weighted by Crippen LogP contribution is -2.33. The summed E-state index contributed by atoms with van der Waals surface area (Å²) < 4.78 is 6.06. The summed E-state index contributed by atoms with van der Waals surface area (Å²) in [5.74, 6) is 0.799. The van der Waals surface area contributed by atoms with Crippen LogP contribution in [0.15, 0.2) is 96.3 Å². The van der Waals surface area contributed by atoms with E-state index in [9.17, 15) is 4.79 Å². The maximum atomic E-state index is 12.3. The van der Waals surface area contributed by atoms with Crippen molar-refractivity contribution in [1.82, 2.24) is 10.3 Å². The molecule has 2 N–H and O–H groups in total. The third-order valence-electron chi connectivity index (χ3n) is 5.51. The second-order valence-electron chi connectivity index (χ2n) is 7.98. The average Bonchev–Trinajstić information content (AvgIpc) is 3.35. The molecule has 0 radical (unpaired) electrons. The van der Waals surface area contributed by atoms with E-state index in [-0.39, 0.29) is 12.1 Å². The van der Waals surface area contributed by atoms with Gasteiger partial charge in [0, 0.05) is 29.3 Å². The van der Waals surface area contributed by atoms with Gasteiger partial charge in [0.1, 0.15) is 12.4 Å². The summed E-state index contributed by atoms with van der Waals surface area (Å²) in [6.07, 6.45) is 2.12. The Labute approximate surface area is 197 Å². The minimum Gasteiger partial charge on any atom is -0.489 e. The normalized spacial score (nSPS) is 14.8. The fourth-order valence-electron chi connectivity index (χ4n) is 3.81. The summed E-state index contributed by atoms with van der Waals surface area (Å²) in [6, 6.07) is 27.2. The van der Waals surface area contributed by atoms with E-state index in [0.29, 0.717) is 25.3 Å². The average molecular weight is 453 g/mol. The number of oxime groups is 1. The molecule has 0 saturated heterocycles. The number of benzene rings is 3. The second-order valence-corrected chi connectivity index (χ2v) is 7.98. The van der Waals surface area contributed by atoms with E-state index in [0.717, 1.165) is 33.5 Å². The van der Waals surface area contributed by atoms with E-state index in [1.54, 1.807) is 6.20 Å². The number of urea groups is 1. The number of fused-ring (bicyclic) bond motifs is 1. The smallest absolute Gasteiger partial charge is 0.319 e. The fraction of sp³-hybridized carbons (Fsp3) is 0.148. The number of para-hydroxylation sites is 1. The van der Waals surface area contributed by atoms with Crippen LogP contribution in [-0.4, -0.2) is 36.0 Å². The van der Waals surface area contributed by atoms with Crippen LogP contribution in [0.5, 0.6) is 5.75 Å². The number of carbonyl (C=O) groups excluding carboxylic acids is 1. The number of nitrogens with zero attached hydrogens (tertiary/aromatic N) is 2. The number of rotatable bonds is 7. The molecule has 1 aromatic heterocycles. The van der Waals surface area contributed by atoms with Gasteiger partial charge in [0.05, 0.1) is 17.8 Å². The van der Waals surface area contributed by atoms with E-state index in [2.05, 4.69) is 32.9 Å². The molecule has 34 heavy (non-hydrogen) atoms. The fourth-order valence-corrected chi connectivity index (χ4v) is 3.81. The molecular weight excluding hydrogens is 428 g/mol. The quantitative estimate of drug-likeness (QED) is 0.401. The van der Waals surface area contributed by atoms with Crippen molar-refractivity contribution in [2.75, 3.05) is 18.5 Å². The molecule has 1 unspecified atom stereocenters. The van der Waals surface area contributed by atoms with E-state index in [4.69, 9.17) is 9.57 Å². The first-order valence-electron chi connectivity index (χ1n) is 11.1. The van der Waals surface area contributed by atoms with Gasteiger partial charge in [-0.3, -0.25) is 4.98 Å². The molecule has 1 aliphatic heterocycles. The molecule has 4 aromatic rings. The first-order valence-corrected chi connectivity index (χ1v) is 11.1. The summed E-state index contributed by atoms with van der Waals surface area (Å²) in [7, 11) is 0. The van der Waals surface area contributed by atoms with Crippen molar-refractivity contribution in [2.24, 2.45) is 5.16 Å². The standard InChI is InChI=1S/C27H24N4O3/c32-27(30-21-13-12-20-9-6-14-28-25(20)16-21)29-17-22-15-23(34-31-22)18-33-26-11-5-4-10-24(26)19-7-2-1-3-8-19/h1-14,16,23H,15,17-18H2,(H2,29,30,32). The number of aromatic nitrogens is 1.